The largest absolute Gasteiger partial charge is 0.481 e. The summed E-state index contributed by atoms with van der Waals surface area (Å²) in [6, 6.07) is 0. The highest BCUT2D eigenvalue weighted by Crippen LogP contribution is 2.22. The Kier molecular flexibility index (Phi) is 5.75. The molecule has 0 amide bonds. The number of aliphatic carboxylic acids is 1. The topological polar surface area (TPSA) is 89.4 Å². The van der Waals surface area contributed by atoms with Crippen LogP contribution < -0.4 is 0 Å². The summed E-state index contributed by atoms with van der Waals surface area (Å²) in [4.78, 5) is 30.4. The highest BCUT2D eigenvalue weighted by atomic mass is 32.2. The number of rotatable bonds is 6. The van der Waals surface area contributed by atoms with Crippen molar-refractivity contribution in [3.8, 4) is 0 Å². The van der Waals surface area contributed by atoms with Crippen LogP contribution in [0.4, 0.5) is 0 Å². The Morgan fingerprint density at radius 3 is 2.74 bits per heavy atom. The number of carbonyl (C=O) groups is 2. The minimum Gasteiger partial charge on any atom is -0.481 e. The van der Waals surface area contributed by atoms with Crippen molar-refractivity contribution in [2.24, 2.45) is 0 Å². The Balaban J connectivity index is 2.76. The Bertz CT molecular complexity index is 479. The molecule has 0 saturated carbocycles. The third kappa shape index (κ3) is 4.86. The molecule has 0 saturated heterocycles. The molecule has 0 aliphatic heterocycles. The number of ether oxygens (including phenoxy) is 1. The van der Waals surface area contributed by atoms with E-state index in [1.807, 2.05) is 0 Å². The Hall–Kier alpha value is -1.63. The number of esters is 1. The summed E-state index contributed by atoms with van der Waals surface area (Å²) in [5, 5.41) is 9.00. The molecule has 1 aromatic rings. The summed E-state index contributed by atoms with van der Waals surface area (Å²) in [5.74, 6) is -1.31. The van der Waals surface area contributed by atoms with Crippen molar-refractivity contribution in [1.82, 2.24) is 9.97 Å². The van der Waals surface area contributed by atoms with Crippen molar-refractivity contribution in [2.45, 2.75) is 37.6 Å². The quantitative estimate of drug-likeness (QED) is 0.485. The van der Waals surface area contributed by atoms with Gasteiger partial charge in [0.1, 0.15) is 0 Å². The van der Waals surface area contributed by atoms with Gasteiger partial charge in [0.2, 0.25) is 0 Å². The van der Waals surface area contributed by atoms with Crippen LogP contribution in [0, 0.1) is 6.92 Å². The molecule has 1 aromatic heterocycles. The molecule has 7 heteroatoms. The number of thioether (sulfide) groups is 1. The van der Waals surface area contributed by atoms with Gasteiger partial charge in [0.15, 0.2) is 5.16 Å². The summed E-state index contributed by atoms with van der Waals surface area (Å²) in [6.45, 7) is 5.51. The standard InChI is InChI=1S/C12H16N2O4S/c1-4-18-11(17)9-6-13-12(14-8(9)3)19-7(2)5-10(15)16/h6-7H,4-5H2,1-3H3,(H,15,16). The number of aryl methyl sites for hydroxylation is 1. The first-order valence-electron chi connectivity index (χ1n) is 5.83. The van der Waals surface area contributed by atoms with E-state index in [0.29, 0.717) is 23.0 Å². The van der Waals surface area contributed by atoms with E-state index in [-0.39, 0.29) is 11.7 Å². The second-order valence-corrected chi connectivity index (χ2v) is 5.30. The Morgan fingerprint density at radius 2 is 2.21 bits per heavy atom. The number of aromatic nitrogens is 2. The molecule has 1 rings (SSSR count). The monoisotopic (exact) mass is 284 g/mol. The molecule has 19 heavy (non-hydrogen) atoms. The van der Waals surface area contributed by atoms with E-state index in [2.05, 4.69) is 9.97 Å². The van der Waals surface area contributed by atoms with Gasteiger partial charge in [-0.3, -0.25) is 4.79 Å². The third-order valence-corrected chi connectivity index (χ3v) is 3.20. The lowest BCUT2D eigenvalue weighted by Gasteiger charge is -2.09. The summed E-state index contributed by atoms with van der Waals surface area (Å²) in [6.07, 6.45) is 1.45. The van der Waals surface area contributed by atoms with Crippen molar-refractivity contribution < 1.29 is 19.4 Å². The van der Waals surface area contributed by atoms with Crippen molar-refractivity contribution in [1.29, 1.82) is 0 Å². The van der Waals surface area contributed by atoms with Crippen LogP contribution in [0.1, 0.15) is 36.3 Å². The van der Waals surface area contributed by atoms with E-state index in [9.17, 15) is 9.59 Å². The lowest BCUT2D eigenvalue weighted by Crippen LogP contribution is -2.10. The van der Waals surface area contributed by atoms with E-state index in [0.717, 1.165) is 0 Å². The summed E-state index contributed by atoms with van der Waals surface area (Å²) < 4.78 is 4.88. The molecule has 1 atom stereocenters. The zero-order valence-corrected chi connectivity index (χ0v) is 11.9. The van der Waals surface area contributed by atoms with Gasteiger partial charge in [-0.1, -0.05) is 18.7 Å². The zero-order chi connectivity index (χ0) is 14.4. The number of hydrogen-bond acceptors (Lipinski definition) is 6. The van der Waals surface area contributed by atoms with E-state index in [4.69, 9.17) is 9.84 Å². The number of carboxylic acid groups (broad SMARTS) is 1. The molecule has 1 N–H and O–H groups in total. The maximum Gasteiger partial charge on any atom is 0.341 e. The van der Waals surface area contributed by atoms with Crippen LogP contribution in [0.25, 0.3) is 0 Å². The highest BCUT2D eigenvalue weighted by Gasteiger charge is 2.15. The predicted molar refractivity (Wildman–Crippen MR) is 70.3 cm³/mol. The fraction of sp³-hybridized carbons (Fsp3) is 0.500. The summed E-state index contributed by atoms with van der Waals surface area (Å²) >= 11 is 1.26. The van der Waals surface area contributed by atoms with Gasteiger partial charge >= 0.3 is 11.9 Å². The van der Waals surface area contributed by atoms with Crippen molar-refractivity contribution in [2.75, 3.05) is 6.61 Å². The van der Waals surface area contributed by atoms with E-state index in [1.165, 1.54) is 18.0 Å². The average molecular weight is 284 g/mol. The first-order chi connectivity index (χ1) is 8.93. The van der Waals surface area contributed by atoms with E-state index in [1.54, 1.807) is 20.8 Å². The molecule has 0 radical (unpaired) electrons. The van der Waals surface area contributed by atoms with Gasteiger partial charge in [-0.2, -0.15) is 0 Å². The van der Waals surface area contributed by atoms with Crippen molar-refractivity contribution in [3.05, 3.63) is 17.5 Å². The lowest BCUT2D eigenvalue weighted by atomic mass is 10.2. The first-order valence-corrected chi connectivity index (χ1v) is 6.71. The smallest absolute Gasteiger partial charge is 0.341 e. The predicted octanol–water partition coefficient (Wildman–Crippen LogP) is 1.92. The van der Waals surface area contributed by atoms with Gasteiger partial charge in [-0.25, -0.2) is 14.8 Å². The highest BCUT2D eigenvalue weighted by molar-refractivity contribution is 7.99. The Labute approximate surface area is 115 Å². The molecule has 0 spiro atoms. The maximum absolute atomic E-state index is 11.6. The number of hydrogen-bond donors (Lipinski definition) is 1. The summed E-state index contributed by atoms with van der Waals surface area (Å²) in [7, 11) is 0. The molecule has 0 aromatic carbocycles. The van der Waals surface area contributed by atoms with Crippen LogP contribution in [0.15, 0.2) is 11.4 Å². The van der Waals surface area contributed by atoms with Crippen molar-refractivity contribution in [3.63, 3.8) is 0 Å². The molecule has 1 heterocycles. The average Bonchev–Trinajstić information content (AvgIpc) is 2.27. The van der Waals surface area contributed by atoms with Gasteiger partial charge in [0.05, 0.1) is 24.3 Å². The first kappa shape index (κ1) is 15.4. The van der Waals surface area contributed by atoms with Gasteiger partial charge < -0.3 is 9.84 Å². The molecular weight excluding hydrogens is 268 g/mol. The van der Waals surface area contributed by atoms with Crippen LogP contribution in [-0.2, 0) is 9.53 Å². The van der Waals surface area contributed by atoms with Crippen LogP contribution >= 0.6 is 11.8 Å². The van der Waals surface area contributed by atoms with Crippen LogP contribution in [0.5, 0.6) is 0 Å². The van der Waals surface area contributed by atoms with E-state index >= 15 is 0 Å². The van der Waals surface area contributed by atoms with Gasteiger partial charge in [-0.05, 0) is 13.8 Å². The third-order valence-electron chi connectivity index (χ3n) is 2.22. The molecule has 0 aliphatic rings. The van der Waals surface area contributed by atoms with Crippen molar-refractivity contribution >= 4 is 23.7 Å². The molecular formula is C12H16N2O4S. The number of carboxylic acids is 1. The normalized spacial score (nSPS) is 11.9. The fourth-order valence-electron chi connectivity index (χ4n) is 1.38. The molecule has 0 aliphatic carbocycles. The fourth-order valence-corrected chi connectivity index (χ4v) is 2.27. The lowest BCUT2D eigenvalue weighted by molar-refractivity contribution is -0.136. The summed E-state index contributed by atoms with van der Waals surface area (Å²) in [5.41, 5.74) is 0.857. The maximum atomic E-state index is 11.6. The van der Waals surface area contributed by atoms with Gasteiger partial charge in [-0.15, -0.1) is 0 Å². The molecule has 104 valence electrons. The SMILES string of the molecule is CCOC(=O)c1cnc(SC(C)CC(=O)O)nc1C. The minimum atomic E-state index is -0.861. The zero-order valence-electron chi connectivity index (χ0n) is 11.0. The molecule has 0 bridgehead atoms. The number of nitrogens with zero attached hydrogens (tertiary/aromatic N) is 2. The molecule has 0 fully saturated rings. The number of carbonyl (C=O) groups excluding carboxylic acids is 1. The van der Waals surface area contributed by atoms with E-state index < -0.39 is 11.9 Å². The second-order valence-electron chi connectivity index (χ2n) is 3.90. The van der Waals surface area contributed by atoms with Gasteiger partial charge in [0, 0.05) is 11.4 Å². The molecule has 1 unspecified atom stereocenters. The van der Waals surface area contributed by atoms with Crippen LogP contribution in [-0.4, -0.2) is 38.9 Å². The van der Waals surface area contributed by atoms with Crippen LogP contribution in [0.2, 0.25) is 0 Å². The van der Waals surface area contributed by atoms with Crippen LogP contribution in [0.3, 0.4) is 0 Å². The minimum absolute atomic E-state index is 0.0344. The van der Waals surface area contributed by atoms with Gasteiger partial charge in [0.25, 0.3) is 0 Å². The molecule has 6 nitrogen and oxygen atoms in total. The second kappa shape index (κ2) is 7.08. The Morgan fingerprint density at radius 1 is 1.53 bits per heavy atom.